The van der Waals surface area contributed by atoms with E-state index in [1.807, 2.05) is 0 Å². The van der Waals surface area contributed by atoms with Crippen molar-refractivity contribution in [1.82, 2.24) is 5.32 Å². The average Bonchev–Trinajstić information content (AvgIpc) is 2.50. The van der Waals surface area contributed by atoms with Crippen molar-refractivity contribution in [2.24, 2.45) is 0 Å². The van der Waals surface area contributed by atoms with E-state index in [9.17, 15) is 4.79 Å². The summed E-state index contributed by atoms with van der Waals surface area (Å²) in [6.45, 7) is 1.30. The van der Waals surface area contributed by atoms with Gasteiger partial charge in [0.25, 0.3) is 5.91 Å². The predicted molar refractivity (Wildman–Crippen MR) is 82.1 cm³/mol. The molecule has 0 atom stereocenters. The third-order valence-electron chi connectivity index (χ3n) is 2.69. The molecule has 118 valence electrons. The second-order valence-corrected chi connectivity index (χ2v) is 4.93. The van der Waals surface area contributed by atoms with Crippen molar-refractivity contribution in [1.29, 1.82) is 0 Å². The van der Waals surface area contributed by atoms with Crippen LogP contribution >= 0.6 is 15.9 Å². The summed E-state index contributed by atoms with van der Waals surface area (Å²) in [5.74, 6) is 0.859. The smallest absolute Gasteiger partial charge is 0.251 e. The molecule has 0 saturated carbocycles. The molecule has 0 aromatic heterocycles. The second-order valence-electron chi connectivity index (χ2n) is 4.14. The maximum Gasteiger partial charge on any atom is 0.251 e. The van der Waals surface area contributed by atoms with Crippen molar-refractivity contribution in [2.45, 2.75) is 6.42 Å². The normalized spacial score (nSPS) is 10.3. The van der Waals surface area contributed by atoms with Crippen molar-refractivity contribution in [3.8, 4) is 11.5 Å². The van der Waals surface area contributed by atoms with Crippen LogP contribution in [-0.4, -0.2) is 51.6 Å². The van der Waals surface area contributed by atoms with Crippen LogP contribution in [0.3, 0.4) is 0 Å². The van der Waals surface area contributed by atoms with Gasteiger partial charge in [0.05, 0.1) is 27.4 Å². The predicted octanol–water partition coefficient (Wildman–Crippen LogP) is 1.60. The SMILES string of the molecule is COc1cc(C(=O)NCCCOCCO)cc(OC)c1Br. The average molecular weight is 362 g/mol. The Bertz CT molecular complexity index is 442. The largest absolute Gasteiger partial charge is 0.495 e. The minimum absolute atomic E-state index is 0.00480. The highest BCUT2D eigenvalue weighted by molar-refractivity contribution is 9.10. The van der Waals surface area contributed by atoms with Crippen LogP contribution in [-0.2, 0) is 4.74 Å². The third-order valence-corrected chi connectivity index (χ3v) is 3.48. The zero-order chi connectivity index (χ0) is 15.7. The molecule has 0 heterocycles. The standard InChI is InChI=1S/C14H20BrNO5/c1-19-11-8-10(9-12(20-2)13(11)15)14(18)16-4-3-6-21-7-5-17/h8-9,17H,3-7H2,1-2H3,(H,16,18). The Kier molecular flexibility index (Phi) is 8.11. The summed E-state index contributed by atoms with van der Waals surface area (Å²) in [6, 6.07) is 3.29. The van der Waals surface area contributed by atoms with Gasteiger partial charge in [-0.2, -0.15) is 0 Å². The van der Waals surface area contributed by atoms with Gasteiger partial charge in [0, 0.05) is 18.7 Å². The summed E-state index contributed by atoms with van der Waals surface area (Å²) < 4.78 is 16.2. The first-order valence-corrected chi connectivity index (χ1v) is 7.31. The Morgan fingerprint density at radius 3 is 2.38 bits per heavy atom. The van der Waals surface area contributed by atoms with Crippen molar-refractivity contribution in [3.05, 3.63) is 22.2 Å². The van der Waals surface area contributed by atoms with Gasteiger partial charge in [0.15, 0.2) is 0 Å². The van der Waals surface area contributed by atoms with E-state index in [1.165, 1.54) is 14.2 Å². The third kappa shape index (κ3) is 5.53. The molecule has 7 heteroatoms. The summed E-state index contributed by atoms with van der Waals surface area (Å²) >= 11 is 3.35. The van der Waals surface area contributed by atoms with Gasteiger partial charge in [0.2, 0.25) is 0 Å². The van der Waals surface area contributed by atoms with E-state index in [0.29, 0.717) is 47.7 Å². The van der Waals surface area contributed by atoms with Gasteiger partial charge in [-0.15, -0.1) is 0 Å². The molecule has 0 bridgehead atoms. The van der Waals surface area contributed by atoms with Crippen LogP contribution in [0.5, 0.6) is 11.5 Å². The van der Waals surface area contributed by atoms with Crippen LogP contribution in [0.25, 0.3) is 0 Å². The van der Waals surface area contributed by atoms with Crippen LogP contribution in [0.4, 0.5) is 0 Å². The van der Waals surface area contributed by atoms with Crippen molar-refractivity contribution >= 4 is 21.8 Å². The monoisotopic (exact) mass is 361 g/mol. The maximum absolute atomic E-state index is 12.1. The summed E-state index contributed by atoms with van der Waals surface area (Å²) in [4.78, 5) is 12.1. The molecule has 0 unspecified atom stereocenters. The molecule has 1 rings (SSSR count). The van der Waals surface area contributed by atoms with Crippen molar-refractivity contribution < 1.29 is 24.1 Å². The van der Waals surface area contributed by atoms with E-state index < -0.39 is 0 Å². The van der Waals surface area contributed by atoms with Gasteiger partial charge >= 0.3 is 0 Å². The highest BCUT2D eigenvalue weighted by Gasteiger charge is 2.14. The molecule has 2 N–H and O–H groups in total. The Morgan fingerprint density at radius 1 is 1.24 bits per heavy atom. The molecule has 1 aromatic carbocycles. The maximum atomic E-state index is 12.1. The Labute approximate surface area is 132 Å². The van der Waals surface area contributed by atoms with Gasteiger partial charge < -0.3 is 24.6 Å². The first-order valence-electron chi connectivity index (χ1n) is 6.52. The van der Waals surface area contributed by atoms with Gasteiger partial charge in [0.1, 0.15) is 16.0 Å². The fourth-order valence-corrected chi connectivity index (χ4v) is 2.20. The summed E-state index contributed by atoms with van der Waals surface area (Å²) in [5, 5.41) is 11.3. The minimum atomic E-state index is -0.207. The number of hydrogen-bond acceptors (Lipinski definition) is 5. The number of carbonyl (C=O) groups is 1. The lowest BCUT2D eigenvalue weighted by Crippen LogP contribution is -2.25. The first kappa shape index (κ1) is 17.7. The molecule has 0 fully saturated rings. The quantitative estimate of drug-likeness (QED) is 0.653. The first-order chi connectivity index (χ1) is 10.1. The number of rotatable bonds is 9. The number of nitrogens with one attached hydrogen (secondary N) is 1. The van der Waals surface area contributed by atoms with Gasteiger partial charge in [-0.05, 0) is 34.5 Å². The number of aliphatic hydroxyl groups is 1. The lowest BCUT2D eigenvalue weighted by Gasteiger charge is -2.11. The highest BCUT2D eigenvalue weighted by Crippen LogP contribution is 2.35. The highest BCUT2D eigenvalue weighted by atomic mass is 79.9. The fraction of sp³-hybridized carbons (Fsp3) is 0.500. The van der Waals surface area contributed by atoms with Crippen LogP contribution in [0.1, 0.15) is 16.8 Å². The zero-order valence-corrected chi connectivity index (χ0v) is 13.7. The summed E-state index contributed by atoms with van der Waals surface area (Å²) in [6.07, 6.45) is 0.677. The van der Waals surface area contributed by atoms with E-state index in [2.05, 4.69) is 21.2 Å². The molecule has 6 nitrogen and oxygen atoms in total. The van der Waals surface area contributed by atoms with E-state index in [1.54, 1.807) is 12.1 Å². The molecule has 0 aliphatic heterocycles. The second kappa shape index (κ2) is 9.59. The zero-order valence-electron chi connectivity index (χ0n) is 12.1. The van der Waals surface area contributed by atoms with Crippen LogP contribution in [0.2, 0.25) is 0 Å². The van der Waals surface area contributed by atoms with Crippen molar-refractivity contribution in [2.75, 3.05) is 40.6 Å². The molecular weight excluding hydrogens is 342 g/mol. The van der Waals surface area contributed by atoms with Gasteiger partial charge in [-0.1, -0.05) is 0 Å². The van der Waals surface area contributed by atoms with Crippen LogP contribution in [0, 0.1) is 0 Å². The van der Waals surface area contributed by atoms with E-state index in [0.717, 1.165) is 0 Å². The Morgan fingerprint density at radius 2 is 1.86 bits per heavy atom. The van der Waals surface area contributed by atoms with E-state index in [-0.39, 0.29) is 12.5 Å². The number of ether oxygens (including phenoxy) is 3. The van der Waals surface area contributed by atoms with Gasteiger partial charge in [-0.3, -0.25) is 4.79 Å². The minimum Gasteiger partial charge on any atom is -0.495 e. The molecule has 0 aliphatic carbocycles. The Hall–Kier alpha value is -1.31. The number of benzene rings is 1. The molecule has 0 saturated heterocycles. The number of carbonyl (C=O) groups excluding carboxylic acids is 1. The molecule has 1 amide bonds. The lowest BCUT2D eigenvalue weighted by molar-refractivity contribution is 0.0867. The fourth-order valence-electron chi connectivity index (χ4n) is 1.65. The Balaban J connectivity index is 2.57. The lowest BCUT2D eigenvalue weighted by atomic mass is 10.2. The number of aliphatic hydroxyl groups excluding tert-OH is 1. The van der Waals surface area contributed by atoms with Crippen LogP contribution in [0.15, 0.2) is 16.6 Å². The molecule has 0 radical (unpaired) electrons. The number of methoxy groups -OCH3 is 2. The molecule has 0 spiro atoms. The van der Waals surface area contributed by atoms with E-state index >= 15 is 0 Å². The number of halogens is 1. The summed E-state index contributed by atoms with van der Waals surface area (Å²) in [7, 11) is 3.05. The molecule has 0 aliphatic rings. The molecule has 21 heavy (non-hydrogen) atoms. The molecule has 1 aromatic rings. The topological polar surface area (TPSA) is 77.0 Å². The number of hydrogen-bond donors (Lipinski definition) is 2. The van der Waals surface area contributed by atoms with Gasteiger partial charge in [-0.25, -0.2) is 0 Å². The van der Waals surface area contributed by atoms with E-state index in [4.69, 9.17) is 19.3 Å². The van der Waals surface area contributed by atoms with Crippen molar-refractivity contribution in [3.63, 3.8) is 0 Å². The molecular formula is C14H20BrNO5. The van der Waals surface area contributed by atoms with Crippen LogP contribution < -0.4 is 14.8 Å². The summed E-state index contributed by atoms with van der Waals surface area (Å²) in [5.41, 5.74) is 0.461. The number of amides is 1.